The zero-order chi connectivity index (χ0) is 32.6. The van der Waals surface area contributed by atoms with Crippen LogP contribution in [0.5, 0.6) is 0 Å². The summed E-state index contributed by atoms with van der Waals surface area (Å²) >= 11 is 5.76. The summed E-state index contributed by atoms with van der Waals surface area (Å²) in [6.45, 7) is 8.91. The maximum atomic E-state index is 13.9. The summed E-state index contributed by atoms with van der Waals surface area (Å²) in [4.78, 5) is 84.3. The first-order valence-corrected chi connectivity index (χ1v) is 15.5. The first kappa shape index (κ1) is 36.3. The SMILES string of the molecule is CCC(C)[C@@H]1NC(=O)[C@@H]2CCCN2C(=O)C(CC(O)CCl)OC(=O)CCNC(=O)[C@H](C)N(C)C(=O)[C@H](C(C)C)N(C)C1=O. The number of esters is 1. The van der Waals surface area contributed by atoms with Gasteiger partial charge in [-0.15, -0.1) is 11.6 Å². The molecule has 0 aromatic rings. The fourth-order valence-electron chi connectivity index (χ4n) is 5.41. The quantitative estimate of drug-likeness (QED) is 0.278. The van der Waals surface area contributed by atoms with E-state index < -0.39 is 71.9 Å². The topological polar surface area (TPSA) is 166 Å². The molecule has 2 fully saturated rings. The Morgan fingerprint density at radius 1 is 1.00 bits per heavy atom. The fourth-order valence-corrected chi connectivity index (χ4v) is 5.54. The fraction of sp³-hybridized carbons (Fsp3) is 0.793. The molecule has 2 saturated heterocycles. The number of nitrogens with one attached hydrogen (secondary N) is 2. The number of halogens is 1. The number of aliphatic hydroxyl groups excluding tert-OH is 1. The number of carbonyl (C=O) groups is 6. The third kappa shape index (κ3) is 9.04. The number of fused-ring (bicyclic) bond motifs is 1. The highest BCUT2D eigenvalue weighted by molar-refractivity contribution is 6.18. The molecule has 0 bridgehead atoms. The van der Waals surface area contributed by atoms with E-state index in [-0.39, 0.29) is 43.6 Å². The third-order valence-corrected chi connectivity index (χ3v) is 8.77. The summed E-state index contributed by atoms with van der Waals surface area (Å²) in [5, 5.41) is 15.6. The molecular formula is C29H48ClN5O8. The van der Waals surface area contributed by atoms with E-state index in [1.54, 1.807) is 13.8 Å². The van der Waals surface area contributed by atoms with Crippen LogP contribution in [0.4, 0.5) is 0 Å². The minimum absolute atomic E-state index is 0.125. The van der Waals surface area contributed by atoms with Gasteiger partial charge < -0.3 is 35.2 Å². The molecule has 0 aromatic heterocycles. The lowest BCUT2D eigenvalue weighted by Gasteiger charge is -2.38. The second-order valence-electron chi connectivity index (χ2n) is 11.9. The number of ether oxygens (including phenoxy) is 1. The smallest absolute Gasteiger partial charge is 0.308 e. The largest absolute Gasteiger partial charge is 0.452 e. The molecule has 244 valence electrons. The van der Waals surface area contributed by atoms with Crippen LogP contribution in [-0.2, 0) is 33.5 Å². The van der Waals surface area contributed by atoms with Gasteiger partial charge in [0, 0.05) is 39.5 Å². The Kier molecular flexibility index (Phi) is 13.7. The molecule has 0 radical (unpaired) electrons. The number of alkyl halides is 1. The van der Waals surface area contributed by atoms with Crippen LogP contribution in [-0.4, -0.2) is 125 Å². The van der Waals surface area contributed by atoms with Gasteiger partial charge in [0.2, 0.25) is 23.6 Å². The van der Waals surface area contributed by atoms with Crippen molar-refractivity contribution in [2.45, 2.75) is 103 Å². The van der Waals surface area contributed by atoms with Gasteiger partial charge in [-0.1, -0.05) is 34.1 Å². The zero-order valence-corrected chi connectivity index (χ0v) is 27.1. The molecule has 3 N–H and O–H groups in total. The number of aliphatic hydroxyl groups is 1. The Hall–Kier alpha value is -2.93. The molecule has 5 amide bonds. The predicted molar refractivity (Wildman–Crippen MR) is 159 cm³/mol. The standard InChI is InChI=1S/C29H48ClN5O8/c1-8-17(4)23-28(41)34(7)24(16(2)3)29(42)33(6)18(5)25(38)31-12-11-22(37)43-21(14-19(36)15-30)27(40)35-13-9-10-20(35)26(39)32-23/h16-21,23-24,36H,8-15H2,1-7H3,(H,31,38)(H,32,39)/t17?,18-,19?,20-,21?,23-,24-/m0/s1. The Morgan fingerprint density at radius 3 is 2.23 bits per heavy atom. The number of cyclic esters (lactones) is 1. The Morgan fingerprint density at radius 2 is 1.65 bits per heavy atom. The van der Waals surface area contributed by atoms with E-state index in [1.165, 1.54) is 35.7 Å². The molecule has 0 saturated carbocycles. The van der Waals surface area contributed by atoms with Crippen molar-refractivity contribution in [3.8, 4) is 0 Å². The molecule has 2 heterocycles. The number of rotatable bonds is 6. The average Bonchev–Trinajstić information content (AvgIpc) is 3.46. The highest BCUT2D eigenvalue weighted by atomic mass is 35.5. The predicted octanol–water partition coefficient (Wildman–Crippen LogP) is 0.260. The minimum atomic E-state index is -1.40. The second kappa shape index (κ2) is 16.2. The van der Waals surface area contributed by atoms with Gasteiger partial charge >= 0.3 is 5.97 Å². The van der Waals surface area contributed by atoms with Crippen LogP contribution >= 0.6 is 11.6 Å². The Balaban J connectivity index is 2.54. The van der Waals surface area contributed by atoms with E-state index in [0.29, 0.717) is 19.3 Å². The lowest BCUT2D eigenvalue weighted by Crippen LogP contribution is -2.60. The second-order valence-corrected chi connectivity index (χ2v) is 12.2. The van der Waals surface area contributed by atoms with Gasteiger partial charge in [-0.25, -0.2) is 0 Å². The van der Waals surface area contributed by atoms with Crippen LogP contribution in [0.2, 0.25) is 0 Å². The van der Waals surface area contributed by atoms with Crippen LogP contribution in [0.1, 0.15) is 66.7 Å². The van der Waals surface area contributed by atoms with Crippen molar-refractivity contribution < 1.29 is 38.6 Å². The van der Waals surface area contributed by atoms with Crippen molar-refractivity contribution in [1.29, 1.82) is 0 Å². The normalized spacial score (nSPS) is 28.9. The van der Waals surface area contributed by atoms with Crippen molar-refractivity contribution in [2.75, 3.05) is 33.1 Å². The first-order valence-electron chi connectivity index (χ1n) is 15.0. The average molecular weight is 630 g/mol. The van der Waals surface area contributed by atoms with Crippen molar-refractivity contribution in [1.82, 2.24) is 25.3 Å². The van der Waals surface area contributed by atoms with Gasteiger partial charge in [0.25, 0.3) is 5.91 Å². The van der Waals surface area contributed by atoms with Crippen molar-refractivity contribution in [3.05, 3.63) is 0 Å². The van der Waals surface area contributed by atoms with Gasteiger partial charge in [0.05, 0.1) is 12.5 Å². The molecule has 2 aliphatic heterocycles. The van der Waals surface area contributed by atoms with E-state index in [1.807, 2.05) is 13.8 Å². The number of amides is 5. The summed E-state index contributed by atoms with van der Waals surface area (Å²) in [5.41, 5.74) is 0. The van der Waals surface area contributed by atoms with Gasteiger partial charge in [0.15, 0.2) is 6.10 Å². The molecule has 2 aliphatic rings. The number of likely N-dealkylation sites (N-methyl/N-ethyl adjacent to an activating group) is 2. The molecule has 2 rings (SSSR count). The molecule has 14 heteroatoms. The monoisotopic (exact) mass is 629 g/mol. The van der Waals surface area contributed by atoms with E-state index >= 15 is 0 Å². The molecule has 7 atom stereocenters. The van der Waals surface area contributed by atoms with Crippen LogP contribution in [0, 0.1) is 11.8 Å². The Labute approximate surface area is 259 Å². The number of hydrogen-bond donors (Lipinski definition) is 3. The summed E-state index contributed by atoms with van der Waals surface area (Å²) in [5.74, 6) is -4.24. The molecule has 43 heavy (non-hydrogen) atoms. The molecular weight excluding hydrogens is 582 g/mol. The van der Waals surface area contributed by atoms with E-state index in [9.17, 15) is 33.9 Å². The highest BCUT2D eigenvalue weighted by Crippen LogP contribution is 2.23. The summed E-state index contributed by atoms with van der Waals surface area (Å²) in [6, 6.07) is -3.77. The zero-order valence-electron chi connectivity index (χ0n) is 26.3. The third-order valence-electron chi connectivity index (χ3n) is 8.41. The summed E-state index contributed by atoms with van der Waals surface area (Å²) in [6.07, 6.45) is -1.72. The number of hydrogen-bond acceptors (Lipinski definition) is 8. The maximum absolute atomic E-state index is 13.9. The summed E-state index contributed by atoms with van der Waals surface area (Å²) in [7, 11) is 2.98. The summed E-state index contributed by atoms with van der Waals surface area (Å²) < 4.78 is 5.44. The van der Waals surface area contributed by atoms with Crippen LogP contribution in [0.15, 0.2) is 0 Å². The molecule has 0 aliphatic carbocycles. The van der Waals surface area contributed by atoms with E-state index in [2.05, 4.69) is 10.6 Å². The van der Waals surface area contributed by atoms with Gasteiger partial charge in [-0.2, -0.15) is 0 Å². The number of nitrogens with zero attached hydrogens (tertiary/aromatic N) is 3. The number of carbonyl (C=O) groups excluding carboxylic acids is 6. The van der Waals surface area contributed by atoms with Gasteiger partial charge in [0.1, 0.15) is 24.2 Å². The first-order chi connectivity index (χ1) is 20.2. The van der Waals surface area contributed by atoms with Crippen LogP contribution < -0.4 is 10.6 Å². The lowest BCUT2D eigenvalue weighted by molar-refractivity contribution is -0.163. The van der Waals surface area contributed by atoms with Crippen molar-refractivity contribution >= 4 is 47.1 Å². The van der Waals surface area contributed by atoms with Crippen molar-refractivity contribution in [2.24, 2.45) is 11.8 Å². The molecule has 0 spiro atoms. The molecule has 13 nitrogen and oxygen atoms in total. The lowest BCUT2D eigenvalue weighted by atomic mass is 9.94. The van der Waals surface area contributed by atoms with Crippen molar-refractivity contribution in [3.63, 3.8) is 0 Å². The minimum Gasteiger partial charge on any atom is -0.452 e. The maximum Gasteiger partial charge on any atom is 0.308 e. The molecule has 0 aromatic carbocycles. The van der Waals surface area contributed by atoms with Crippen LogP contribution in [0.3, 0.4) is 0 Å². The van der Waals surface area contributed by atoms with E-state index in [0.717, 1.165) is 0 Å². The van der Waals surface area contributed by atoms with Gasteiger partial charge in [-0.3, -0.25) is 28.8 Å². The van der Waals surface area contributed by atoms with Crippen LogP contribution in [0.25, 0.3) is 0 Å². The van der Waals surface area contributed by atoms with E-state index in [4.69, 9.17) is 16.3 Å². The molecule has 3 unspecified atom stereocenters. The Bertz CT molecular complexity index is 1040. The highest BCUT2D eigenvalue weighted by Gasteiger charge is 2.43. The van der Waals surface area contributed by atoms with Gasteiger partial charge in [-0.05, 0) is 31.6 Å².